The topological polar surface area (TPSA) is 179 Å². The van der Waals surface area contributed by atoms with Crippen LogP contribution >= 0.6 is 0 Å². The van der Waals surface area contributed by atoms with Crippen LogP contribution in [-0.4, -0.2) is 53.1 Å². The minimum atomic E-state index is -5.08. The van der Waals surface area contributed by atoms with Crippen molar-refractivity contribution in [1.82, 2.24) is 10.3 Å². The van der Waals surface area contributed by atoms with Crippen LogP contribution in [0, 0.1) is 16.7 Å². The second-order valence-electron chi connectivity index (χ2n) is 7.75. The number of methoxy groups -OCH3 is 1. The van der Waals surface area contributed by atoms with Crippen LogP contribution in [0.4, 0.5) is 13.2 Å². The summed E-state index contributed by atoms with van der Waals surface area (Å²) in [6.07, 6.45) is -3.45. The van der Waals surface area contributed by atoms with Crippen LogP contribution in [0.15, 0.2) is 66.9 Å². The molecule has 0 aliphatic carbocycles. The molecule has 3 rings (SSSR count). The second kappa shape index (κ2) is 13.3. The number of amidine groups is 1. The summed E-state index contributed by atoms with van der Waals surface area (Å²) in [4.78, 5) is 37.9. The number of carboxylic acids is 1. The van der Waals surface area contributed by atoms with Crippen molar-refractivity contribution in [1.29, 1.82) is 10.7 Å². The highest BCUT2D eigenvalue weighted by atomic mass is 19.4. The fourth-order valence-electron chi connectivity index (χ4n) is 3.19. The number of halogens is 3. The Morgan fingerprint density at radius 3 is 2.31 bits per heavy atom. The third-order valence-electron chi connectivity index (χ3n) is 5.08. The van der Waals surface area contributed by atoms with E-state index in [0.29, 0.717) is 16.7 Å². The molecule has 1 atom stereocenters. The number of nitriles is 1. The number of ether oxygens (including phenoxy) is 1. The van der Waals surface area contributed by atoms with Gasteiger partial charge in [-0.3, -0.25) is 15.2 Å². The average molecular weight is 541 g/mol. The average Bonchev–Trinajstić information content (AvgIpc) is 2.92. The maximum absolute atomic E-state index is 12.8. The second-order valence-corrected chi connectivity index (χ2v) is 7.75. The number of carbonyl (C=O) groups excluding carboxylic acids is 2. The summed E-state index contributed by atoms with van der Waals surface area (Å²) in [7, 11) is 1.25. The lowest BCUT2D eigenvalue weighted by atomic mass is 9.99. The van der Waals surface area contributed by atoms with Crippen molar-refractivity contribution in [3.8, 4) is 17.2 Å². The largest absolute Gasteiger partial charge is 0.490 e. The van der Waals surface area contributed by atoms with Crippen LogP contribution < -0.4 is 11.1 Å². The number of benzene rings is 2. The van der Waals surface area contributed by atoms with E-state index in [4.69, 9.17) is 25.8 Å². The van der Waals surface area contributed by atoms with E-state index in [9.17, 15) is 28.0 Å². The number of amides is 1. The number of rotatable bonds is 7. The van der Waals surface area contributed by atoms with Gasteiger partial charge in [0, 0.05) is 18.2 Å². The molecular weight excluding hydrogens is 519 g/mol. The van der Waals surface area contributed by atoms with Crippen molar-refractivity contribution in [3.63, 3.8) is 0 Å². The number of carbonyl (C=O) groups is 3. The molecule has 0 unspecified atom stereocenters. The van der Waals surface area contributed by atoms with Crippen LogP contribution in [-0.2, 0) is 20.7 Å². The van der Waals surface area contributed by atoms with E-state index in [2.05, 4.69) is 16.4 Å². The Bertz CT molecular complexity index is 1400. The van der Waals surface area contributed by atoms with Crippen LogP contribution in [0.1, 0.15) is 27.2 Å². The molecule has 39 heavy (non-hydrogen) atoms. The molecule has 13 heteroatoms. The van der Waals surface area contributed by atoms with E-state index in [0.717, 1.165) is 11.1 Å². The van der Waals surface area contributed by atoms with Gasteiger partial charge in [0.05, 0.1) is 18.7 Å². The molecule has 10 nitrogen and oxygen atoms in total. The SMILES string of the molecule is COC(=O)[C@H](Cc1ccnc(C(=N)N)c1)NC(=O)c1ccc(-c2ccccc2C#N)cc1.O=C(O)C(F)(F)F. The highest BCUT2D eigenvalue weighted by molar-refractivity contribution is 5.97. The van der Waals surface area contributed by atoms with Gasteiger partial charge in [0.1, 0.15) is 17.6 Å². The number of pyridine rings is 1. The number of hydrogen-bond donors (Lipinski definition) is 4. The van der Waals surface area contributed by atoms with Gasteiger partial charge in [0.25, 0.3) is 5.91 Å². The van der Waals surface area contributed by atoms with E-state index in [1.54, 1.807) is 48.5 Å². The van der Waals surface area contributed by atoms with Gasteiger partial charge in [0.15, 0.2) is 0 Å². The number of aliphatic carboxylic acids is 1. The van der Waals surface area contributed by atoms with Gasteiger partial charge < -0.3 is 20.9 Å². The lowest BCUT2D eigenvalue weighted by Crippen LogP contribution is -2.43. The van der Waals surface area contributed by atoms with Crippen molar-refractivity contribution < 1.29 is 37.4 Å². The van der Waals surface area contributed by atoms with Gasteiger partial charge >= 0.3 is 18.1 Å². The zero-order valence-corrected chi connectivity index (χ0v) is 20.3. The molecular formula is C26H22F3N5O5. The predicted octanol–water partition coefficient (Wildman–Crippen LogP) is 3.05. The number of nitrogen functional groups attached to an aromatic ring is 1. The van der Waals surface area contributed by atoms with Crippen LogP contribution in [0.25, 0.3) is 11.1 Å². The van der Waals surface area contributed by atoms with Crippen molar-refractivity contribution in [2.75, 3.05) is 7.11 Å². The summed E-state index contributed by atoms with van der Waals surface area (Å²) in [6, 6.07) is 18.4. The fourth-order valence-corrected chi connectivity index (χ4v) is 3.19. The number of esters is 1. The third-order valence-corrected chi connectivity index (χ3v) is 5.08. The summed E-state index contributed by atoms with van der Waals surface area (Å²) in [5.74, 6) is -3.99. The summed E-state index contributed by atoms with van der Waals surface area (Å²) in [5, 5.41) is 26.6. The monoisotopic (exact) mass is 541 g/mol. The zero-order valence-electron chi connectivity index (χ0n) is 20.3. The van der Waals surface area contributed by atoms with Gasteiger partial charge in [-0.1, -0.05) is 30.3 Å². The molecule has 1 amide bonds. The van der Waals surface area contributed by atoms with Crippen LogP contribution in [0.2, 0.25) is 0 Å². The first-order valence-corrected chi connectivity index (χ1v) is 10.9. The molecule has 0 bridgehead atoms. The molecule has 0 aliphatic heterocycles. The first-order valence-electron chi connectivity index (χ1n) is 10.9. The van der Waals surface area contributed by atoms with Crippen molar-refractivity contribution in [2.24, 2.45) is 5.73 Å². The Morgan fingerprint density at radius 1 is 1.15 bits per heavy atom. The quantitative estimate of drug-likeness (QED) is 0.200. The van der Waals surface area contributed by atoms with E-state index in [-0.39, 0.29) is 18.0 Å². The van der Waals surface area contributed by atoms with Gasteiger partial charge in [-0.15, -0.1) is 0 Å². The summed E-state index contributed by atoms with van der Waals surface area (Å²) >= 11 is 0. The summed E-state index contributed by atoms with van der Waals surface area (Å²) in [5.41, 5.74) is 8.90. The molecule has 0 radical (unpaired) electrons. The number of nitrogens with zero attached hydrogens (tertiary/aromatic N) is 2. The van der Waals surface area contributed by atoms with Gasteiger partial charge in [-0.05, 0) is 47.0 Å². The Kier molecular flexibility index (Phi) is 10.3. The zero-order chi connectivity index (χ0) is 29.2. The molecule has 0 saturated heterocycles. The molecule has 0 aliphatic rings. The number of nitrogens with one attached hydrogen (secondary N) is 2. The van der Waals surface area contributed by atoms with Crippen LogP contribution in [0.5, 0.6) is 0 Å². The van der Waals surface area contributed by atoms with Gasteiger partial charge in [0.2, 0.25) is 0 Å². The number of hydrogen-bond acceptors (Lipinski definition) is 7. The van der Waals surface area contributed by atoms with Crippen molar-refractivity contribution in [2.45, 2.75) is 18.6 Å². The Morgan fingerprint density at radius 2 is 1.77 bits per heavy atom. The predicted molar refractivity (Wildman–Crippen MR) is 133 cm³/mol. The van der Waals surface area contributed by atoms with Crippen LogP contribution in [0.3, 0.4) is 0 Å². The van der Waals surface area contributed by atoms with E-state index in [1.165, 1.54) is 13.3 Å². The van der Waals surface area contributed by atoms with E-state index >= 15 is 0 Å². The molecule has 0 spiro atoms. The minimum absolute atomic E-state index is 0.148. The Balaban J connectivity index is 0.000000673. The lowest BCUT2D eigenvalue weighted by molar-refractivity contribution is -0.192. The van der Waals surface area contributed by atoms with Gasteiger partial charge in [-0.2, -0.15) is 18.4 Å². The molecule has 0 saturated carbocycles. The first kappa shape index (κ1) is 30.0. The van der Waals surface area contributed by atoms with Crippen molar-refractivity contribution in [3.05, 3.63) is 89.2 Å². The van der Waals surface area contributed by atoms with E-state index < -0.39 is 30.1 Å². The molecule has 5 N–H and O–H groups in total. The van der Waals surface area contributed by atoms with E-state index in [1.807, 2.05) is 12.1 Å². The smallest absolute Gasteiger partial charge is 0.475 e. The summed E-state index contributed by atoms with van der Waals surface area (Å²) in [6.45, 7) is 0. The number of carboxylic acid groups (broad SMARTS) is 1. The molecule has 0 fully saturated rings. The maximum Gasteiger partial charge on any atom is 0.490 e. The highest BCUT2D eigenvalue weighted by Crippen LogP contribution is 2.23. The Hall–Kier alpha value is -5.25. The Labute approximate surface area is 220 Å². The maximum atomic E-state index is 12.8. The number of alkyl halides is 3. The lowest BCUT2D eigenvalue weighted by Gasteiger charge is -2.17. The molecule has 202 valence electrons. The first-order chi connectivity index (χ1) is 18.4. The fraction of sp³-hybridized carbons (Fsp3) is 0.154. The van der Waals surface area contributed by atoms with Gasteiger partial charge in [-0.25, -0.2) is 9.59 Å². The summed E-state index contributed by atoms with van der Waals surface area (Å²) < 4.78 is 36.6. The molecule has 1 aromatic heterocycles. The minimum Gasteiger partial charge on any atom is -0.475 e. The standard InChI is InChI=1S/C24H21N5O3.C2HF3O2/c1-32-24(31)21(13-15-10-11-28-20(12-15)22(26)27)29-23(30)17-8-6-16(7-9-17)19-5-3-2-4-18(19)14-25;3-2(4,5)1(6)7/h2-12,21H,13H2,1H3,(H3,26,27)(H,29,30);(H,6,7)/t21-;/m0./s1. The molecule has 3 aromatic rings. The van der Waals surface area contributed by atoms with Crippen molar-refractivity contribution >= 4 is 23.7 Å². The highest BCUT2D eigenvalue weighted by Gasteiger charge is 2.38. The number of nitrogens with two attached hydrogens (primary N) is 1. The molecule has 2 aromatic carbocycles. The normalized spacial score (nSPS) is 11.2. The number of aromatic nitrogens is 1. The molecule has 1 heterocycles. The third kappa shape index (κ3) is 8.67.